The summed E-state index contributed by atoms with van der Waals surface area (Å²) in [5, 5.41) is 5.90. The largest absolute Gasteiger partial charge is 0.308 e. The Morgan fingerprint density at radius 3 is 2.44 bits per heavy atom. The lowest BCUT2D eigenvalue weighted by molar-refractivity contribution is 0.291. The molecule has 0 fully saturated rings. The minimum atomic E-state index is 0.406. The molecule has 2 unspecified atom stereocenters. The first-order valence-electron chi connectivity index (χ1n) is 6.53. The number of rotatable bonds is 7. The van der Waals surface area contributed by atoms with Gasteiger partial charge < -0.3 is 10.2 Å². The second-order valence-corrected chi connectivity index (χ2v) is 7.41. The van der Waals surface area contributed by atoms with Crippen LogP contribution in [0.5, 0.6) is 0 Å². The monoisotopic (exact) mass is 332 g/mol. The molecule has 1 rings (SSSR count). The Morgan fingerprint density at radius 2 is 2.00 bits per heavy atom. The van der Waals surface area contributed by atoms with Crippen LogP contribution in [-0.2, 0) is 0 Å². The third-order valence-electron chi connectivity index (χ3n) is 2.87. The highest BCUT2D eigenvalue weighted by Gasteiger charge is 2.17. The maximum Gasteiger partial charge on any atom is 0.0400 e. The highest BCUT2D eigenvalue weighted by atomic mass is 79.9. The van der Waals surface area contributed by atoms with Gasteiger partial charge in [-0.05, 0) is 60.7 Å². The maximum absolute atomic E-state index is 3.76. The van der Waals surface area contributed by atoms with E-state index >= 15 is 0 Å². The standard InChI is InChI=1S/C14H25BrN2S/c1-10(2)8-12(9-17(4)5)16-11(3)14-13(15)6-7-18-14/h6-7,10-12,16H,8-9H2,1-5H3. The number of halogens is 1. The molecule has 104 valence electrons. The fourth-order valence-corrected chi connectivity index (χ4v) is 3.98. The van der Waals surface area contributed by atoms with Crippen LogP contribution in [0.2, 0.25) is 0 Å². The average Bonchev–Trinajstić information content (AvgIpc) is 2.61. The number of nitrogens with one attached hydrogen (secondary N) is 1. The van der Waals surface area contributed by atoms with Gasteiger partial charge >= 0.3 is 0 Å². The smallest absolute Gasteiger partial charge is 0.0400 e. The van der Waals surface area contributed by atoms with Crippen molar-refractivity contribution in [2.24, 2.45) is 5.92 Å². The van der Waals surface area contributed by atoms with Crippen molar-refractivity contribution >= 4 is 27.3 Å². The minimum absolute atomic E-state index is 0.406. The molecule has 1 heterocycles. The zero-order chi connectivity index (χ0) is 13.7. The van der Waals surface area contributed by atoms with Crippen LogP contribution in [0.1, 0.15) is 38.1 Å². The van der Waals surface area contributed by atoms with Crippen LogP contribution in [-0.4, -0.2) is 31.6 Å². The summed E-state index contributed by atoms with van der Waals surface area (Å²) in [6.07, 6.45) is 1.21. The first-order valence-corrected chi connectivity index (χ1v) is 8.21. The van der Waals surface area contributed by atoms with Gasteiger partial charge in [0, 0.05) is 28.0 Å². The van der Waals surface area contributed by atoms with Crippen molar-refractivity contribution in [2.45, 2.75) is 39.3 Å². The number of hydrogen-bond donors (Lipinski definition) is 1. The third kappa shape index (κ3) is 5.39. The van der Waals surface area contributed by atoms with Crippen LogP contribution in [0.15, 0.2) is 15.9 Å². The first kappa shape index (κ1) is 16.2. The Morgan fingerprint density at radius 1 is 1.33 bits per heavy atom. The molecule has 0 aliphatic heterocycles. The second-order valence-electron chi connectivity index (χ2n) is 5.61. The summed E-state index contributed by atoms with van der Waals surface area (Å²) >= 11 is 5.43. The van der Waals surface area contributed by atoms with E-state index in [-0.39, 0.29) is 0 Å². The Hall–Kier alpha value is 0.100. The van der Waals surface area contributed by atoms with Gasteiger partial charge in [0.1, 0.15) is 0 Å². The molecule has 0 saturated carbocycles. The van der Waals surface area contributed by atoms with E-state index in [0.29, 0.717) is 12.1 Å². The lowest BCUT2D eigenvalue weighted by Crippen LogP contribution is -2.40. The van der Waals surface area contributed by atoms with Crippen molar-refractivity contribution in [1.82, 2.24) is 10.2 Å². The van der Waals surface area contributed by atoms with Gasteiger partial charge in [-0.2, -0.15) is 0 Å². The molecule has 18 heavy (non-hydrogen) atoms. The molecule has 0 bridgehead atoms. The molecule has 1 N–H and O–H groups in total. The van der Waals surface area contributed by atoms with Crippen molar-refractivity contribution in [1.29, 1.82) is 0 Å². The van der Waals surface area contributed by atoms with E-state index in [4.69, 9.17) is 0 Å². The Labute approximate surface area is 124 Å². The molecule has 0 aliphatic rings. The van der Waals surface area contributed by atoms with Crippen LogP contribution in [0.3, 0.4) is 0 Å². The Bertz CT molecular complexity index is 339. The van der Waals surface area contributed by atoms with Crippen molar-refractivity contribution in [2.75, 3.05) is 20.6 Å². The normalized spacial score (nSPS) is 15.3. The summed E-state index contributed by atoms with van der Waals surface area (Å²) in [4.78, 5) is 3.65. The third-order valence-corrected chi connectivity index (χ3v) is 4.92. The number of nitrogens with zero attached hydrogens (tertiary/aromatic N) is 1. The molecule has 0 amide bonds. The van der Waals surface area contributed by atoms with Gasteiger partial charge in [-0.25, -0.2) is 0 Å². The summed E-state index contributed by atoms with van der Waals surface area (Å²) in [5.41, 5.74) is 0. The van der Waals surface area contributed by atoms with E-state index in [9.17, 15) is 0 Å². The van der Waals surface area contributed by atoms with E-state index in [1.54, 1.807) is 0 Å². The second kappa shape index (κ2) is 7.63. The topological polar surface area (TPSA) is 15.3 Å². The fraction of sp³-hybridized carbons (Fsp3) is 0.714. The predicted molar refractivity (Wildman–Crippen MR) is 85.4 cm³/mol. The predicted octanol–water partition coefficient (Wildman–Crippen LogP) is 4.14. The lowest BCUT2D eigenvalue weighted by atomic mass is 10.0. The molecule has 2 nitrogen and oxygen atoms in total. The minimum Gasteiger partial charge on any atom is -0.308 e. The van der Waals surface area contributed by atoms with Gasteiger partial charge in [-0.15, -0.1) is 11.3 Å². The molecule has 0 aliphatic carbocycles. The van der Waals surface area contributed by atoms with Crippen molar-refractivity contribution in [3.8, 4) is 0 Å². The molecule has 0 aromatic carbocycles. The van der Waals surface area contributed by atoms with Crippen LogP contribution in [0.25, 0.3) is 0 Å². The van der Waals surface area contributed by atoms with Crippen molar-refractivity contribution in [3.05, 3.63) is 20.8 Å². The van der Waals surface area contributed by atoms with Gasteiger partial charge in [-0.3, -0.25) is 0 Å². The molecule has 1 aromatic rings. The molecular formula is C14H25BrN2S. The molecule has 4 heteroatoms. The molecule has 0 spiro atoms. The Balaban J connectivity index is 2.62. The number of thiophene rings is 1. The van der Waals surface area contributed by atoms with Crippen LogP contribution in [0, 0.1) is 5.92 Å². The van der Waals surface area contributed by atoms with Crippen molar-refractivity contribution in [3.63, 3.8) is 0 Å². The quantitative estimate of drug-likeness (QED) is 0.807. The number of likely N-dealkylation sites (N-methyl/N-ethyl adjacent to an activating group) is 1. The lowest BCUT2D eigenvalue weighted by Gasteiger charge is -2.27. The molecule has 2 atom stereocenters. The van der Waals surface area contributed by atoms with Crippen LogP contribution >= 0.6 is 27.3 Å². The van der Waals surface area contributed by atoms with E-state index in [0.717, 1.165) is 12.5 Å². The summed E-state index contributed by atoms with van der Waals surface area (Å²) in [6, 6.07) is 3.08. The molecular weight excluding hydrogens is 308 g/mol. The summed E-state index contributed by atoms with van der Waals surface area (Å²) in [5.74, 6) is 0.724. The van der Waals surface area contributed by atoms with Gasteiger partial charge in [0.2, 0.25) is 0 Å². The summed E-state index contributed by atoms with van der Waals surface area (Å²) in [6.45, 7) is 7.91. The Kier molecular flexibility index (Phi) is 6.85. The van der Waals surface area contributed by atoms with Gasteiger partial charge in [0.15, 0.2) is 0 Å². The highest BCUT2D eigenvalue weighted by molar-refractivity contribution is 9.10. The average molecular weight is 333 g/mol. The fourth-order valence-electron chi connectivity index (χ4n) is 2.25. The van der Waals surface area contributed by atoms with E-state index < -0.39 is 0 Å². The molecule has 0 saturated heterocycles. The van der Waals surface area contributed by atoms with Crippen LogP contribution in [0.4, 0.5) is 0 Å². The van der Waals surface area contributed by atoms with Crippen LogP contribution < -0.4 is 5.32 Å². The zero-order valence-corrected chi connectivity index (χ0v) is 14.4. The van der Waals surface area contributed by atoms with E-state index in [1.165, 1.54) is 15.8 Å². The summed E-state index contributed by atoms with van der Waals surface area (Å²) < 4.78 is 1.22. The summed E-state index contributed by atoms with van der Waals surface area (Å²) in [7, 11) is 4.28. The molecule has 1 aromatic heterocycles. The van der Waals surface area contributed by atoms with E-state index in [1.807, 2.05) is 11.3 Å². The number of hydrogen-bond acceptors (Lipinski definition) is 3. The molecule has 0 radical (unpaired) electrons. The zero-order valence-electron chi connectivity index (χ0n) is 12.0. The van der Waals surface area contributed by atoms with Crippen molar-refractivity contribution < 1.29 is 0 Å². The maximum atomic E-state index is 3.76. The van der Waals surface area contributed by atoms with Gasteiger partial charge in [-0.1, -0.05) is 13.8 Å². The first-order chi connectivity index (χ1) is 8.40. The van der Waals surface area contributed by atoms with Gasteiger partial charge in [0.05, 0.1) is 0 Å². The highest BCUT2D eigenvalue weighted by Crippen LogP contribution is 2.29. The van der Waals surface area contributed by atoms with E-state index in [2.05, 4.69) is 72.5 Å². The SMILES string of the molecule is CC(C)CC(CN(C)C)NC(C)c1sccc1Br. The van der Waals surface area contributed by atoms with Gasteiger partial charge in [0.25, 0.3) is 0 Å².